The fourth-order valence-electron chi connectivity index (χ4n) is 1.62. The van der Waals surface area contributed by atoms with Gasteiger partial charge in [-0.2, -0.15) is 0 Å². The van der Waals surface area contributed by atoms with Crippen LogP contribution in [-0.2, 0) is 6.61 Å². The number of non-ortho nitro benzene ring substituents is 1. The van der Waals surface area contributed by atoms with Crippen molar-refractivity contribution in [3.8, 4) is 5.75 Å². The highest BCUT2D eigenvalue weighted by Gasteiger charge is 2.09. The maximum Gasteiger partial charge on any atom is 0.335 e. The third-order valence-corrected chi connectivity index (χ3v) is 3.37. The zero-order valence-corrected chi connectivity index (χ0v) is 12.2. The molecule has 0 saturated carbocycles. The minimum atomic E-state index is -1.04. The van der Waals surface area contributed by atoms with Gasteiger partial charge in [0.1, 0.15) is 12.4 Å². The van der Waals surface area contributed by atoms with Gasteiger partial charge in [-0.25, -0.2) is 4.79 Å². The van der Waals surface area contributed by atoms with Gasteiger partial charge in [-0.3, -0.25) is 10.1 Å². The molecule has 0 aliphatic carbocycles. The highest BCUT2D eigenvalue weighted by atomic mass is 79.9. The van der Waals surface area contributed by atoms with Gasteiger partial charge in [0.15, 0.2) is 0 Å². The summed E-state index contributed by atoms with van der Waals surface area (Å²) in [5, 5.41) is 19.5. The molecule has 0 aromatic heterocycles. The molecule has 1 N–H and O–H groups in total. The van der Waals surface area contributed by atoms with E-state index < -0.39 is 10.9 Å². The van der Waals surface area contributed by atoms with Crippen LogP contribution in [0.1, 0.15) is 15.9 Å². The Morgan fingerprint density at radius 3 is 2.48 bits per heavy atom. The molecule has 0 aliphatic rings. The molecule has 21 heavy (non-hydrogen) atoms. The Labute approximate surface area is 128 Å². The Bertz CT molecular complexity index is 684. The summed E-state index contributed by atoms with van der Waals surface area (Å²) in [6.07, 6.45) is 0. The van der Waals surface area contributed by atoms with Gasteiger partial charge < -0.3 is 9.84 Å². The zero-order chi connectivity index (χ0) is 15.4. The number of rotatable bonds is 5. The highest BCUT2D eigenvalue weighted by Crippen LogP contribution is 2.27. The second kappa shape index (κ2) is 6.36. The molecule has 2 aromatic carbocycles. The van der Waals surface area contributed by atoms with Crippen molar-refractivity contribution in [1.82, 2.24) is 0 Å². The number of nitrogens with zero attached hydrogens (tertiary/aromatic N) is 1. The van der Waals surface area contributed by atoms with Gasteiger partial charge in [-0.05, 0) is 51.8 Å². The lowest BCUT2D eigenvalue weighted by Gasteiger charge is -2.09. The monoisotopic (exact) mass is 351 g/mol. The lowest BCUT2D eigenvalue weighted by atomic mass is 10.2. The Hall–Kier alpha value is -2.41. The number of hydrogen-bond donors (Lipinski definition) is 1. The molecular weight excluding hydrogens is 342 g/mol. The molecular formula is C14H10BrNO5. The van der Waals surface area contributed by atoms with Crippen LogP contribution in [0.3, 0.4) is 0 Å². The lowest BCUT2D eigenvalue weighted by molar-refractivity contribution is -0.384. The Balaban J connectivity index is 2.10. The standard InChI is InChI=1S/C14H10BrNO5/c15-12-6-3-10(14(17)18)7-13(12)21-8-9-1-4-11(5-2-9)16(19)20/h1-7H,8H2,(H,17,18). The van der Waals surface area contributed by atoms with Gasteiger partial charge in [0.25, 0.3) is 5.69 Å². The first kappa shape index (κ1) is 15.0. The van der Waals surface area contributed by atoms with Crippen LogP contribution in [0.2, 0.25) is 0 Å². The molecule has 0 spiro atoms. The first-order valence-corrected chi connectivity index (χ1v) is 6.65. The topological polar surface area (TPSA) is 89.7 Å². The largest absolute Gasteiger partial charge is 0.488 e. The third-order valence-electron chi connectivity index (χ3n) is 2.72. The number of nitro groups is 1. The van der Waals surface area contributed by atoms with E-state index in [0.29, 0.717) is 10.2 Å². The SMILES string of the molecule is O=C(O)c1ccc(Br)c(OCc2ccc([N+](=O)[O-])cc2)c1. The molecule has 0 amide bonds. The van der Waals surface area contributed by atoms with Crippen LogP contribution >= 0.6 is 15.9 Å². The number of carboxylic acids is 1. The van der Waals surface area contributed by atoms with Crippen molar-refractivity contribution in [1.29, 1.82) is 0 Å². The van der Waals surface area contributed by atoms with E-state index in [0.717, 1.165) is 5.56 Å². The van der Waals surface area contributed by atoms with Crippen LogP contribution in [0.15, 0.2) is 46.9 Å². The average Bonchev–Trinajstić information content (AvgIpc) is 2.46. The first-order valence-electron chi connectivity index (χ1n) is 5.86. The highest BCUT2D eigenvalue weighted by molar-refractivity contribution is 9.10. The zero-order valence-electron chi connectivity index (χ0n) is 10.7. The summed E-state index contributed by atoms with van der Waals surface area (Å²) >= 11 is 3.28. The number of benzene rings is 2. The van der Waals surface area contributed by atoms with Crippen molar-refractivity contribution < 1.29 is 19.6 Å². The molecule has 2 aromatic rings. The summed E-state index contributed by atoms with van der Waals surface area (Å²) in [6, 6.07) is 10.4. The molecule has 108 valence electrons. The molecule has 0 unspecified atom stereocenters. The minimum Gasteiger partial charge on any atom is -0.488 e. The van der Waals surface area contributed by atoms with Gasteiger partial charge in [0, 0.05) is 12.1 Å². The van der Waals surface area contributed by atoms with E-state index in [1.165, 1.54) is 24.3 Å². The number of aromatic carboxylic acids is 1. The van der Waals surface area contributed by atoms with Gasteiger partial charge in [-0.15, -0.1) is 0 Å². The molecule has 0 atom stereocenters. The summed E-state index contributed by atoms with van der Waals surface area (Å²) < 4.78 is 6.17. The molecule has 0 aliphatic heterocycles. The molecule has 2 rings (SSSR count). The smallest absolute Gasteiger partial charge is 0.335 e. The van der Waals surface area contributed by atoms with E-state index in [1.807, 2.05) is 0 Å². The van der Waals surface area contributed by atoms with Crippen LogP contribution in [0.5, 0.6) is 5.75 Å². The Kier molecular flexibility index (Phi) is 4.54. The summed E-state index contributed by atoms with van der Waals surface area (Å²) in [5.74, 6) is -0.643. The van der Waals surface area contributed by atoms with Crippen LogP contribution in [0.25, 0.3) is 0 Å². The fraction of sp³-hybridized carbons (Fsp3) is 0.0714. The van der Waals surface area contributed by atoms with Crippen LogP contribution in [0.4, 0.5) is 5.69 Å². The number of ether oxygens (including phenoxy) is 1. The second-order valence-corrected chi connectivity index (χ2v) is 5.02. The van der Waals surface area contributed by atoms with E-state index in [1.54, 1.807) is 18.2 Å². The molecule has 0 heterocycles. The Morgan fingerprint density at radius 1 is 1.24 bits per heavy atom. The lowest BCUT2D eigenvalue weighted by Crippen LogP contribution is -2.00. The molecule has 7 heteroatoms. The average molecular weight is 352 g/mol. The summed E-state index contributed by atoms with van der Waals surface area (Å²) in [7, 11) is 0. The maximum atomic E-state index is 10.9. The van der Waals surface area contributed by atoms with E-state index in [4.69, 9.17) is 9.84 Å². The van der Waals surface area contributed by atoms with Crippen LogP contribution < -0.4 is 4.74 Å². The quantitative estimate of drug-likeness (QED) is 0.656. The predicted molar refractivity (Wildman–Crippen MR) is 78.5 cm³/mol. The predicted octanol–water partition coefficient (Wildman–Crippen LogP) is 3.63. The fourth-order valence-corrected chi connectivity index (χ4v) is 1.98. The van der Waals surface area contributed by atoms with Crippen molar-refractivity contribution in [2.45, 2.75) is 6.61 Å². The van der Waals surface area contributed by atoms with E-state index >= 15 is 0 Å². The molecule has 0 saturated heterocycles. The van der Waals surface area contributed by atoms with Gasteiger partial charge in [0.05, 0.1) is 15.0 Å². The van der Waals surface area contributed by atoms with Gasteiger partial charge in [-0.1, -0.05) is 0 Å². The van der Waals surface area contributed by atoms with Crippen molar-refractivity contribution in [2.24, 2.45) is 0 Å². The number of carbonyl (C=O) groups is 1. The Morgan fingerprint density at radius 2 is 1.90 bits per heavy atom. The van der Waals surface area contributed by atoms with Gasteiger partial charge in [0.2, 0.25) is 0 Å². The summed E-state index contributed by atoms with van der Waals surface area (Å²) in [4.78, 5) is 21.0. The van der Waals surface area contributed by atoms with Crippen LogP contribution in [-0.4, -0.2) is 16.0 Å². The molecule has 0 fully saturated rings. The molecule has 6 nitrogen and oxygen atoms in total. The van der Waals surface area contributed by atoms with E-state index in [-0.39, 0.29) is 17.9 Å². The number of nitro benzene ring substituents is 1. The molecule has 0 radical (unpaired) electrons. The van der Waals surface area contributed by atoms with Crippen molar-refractivity contribution in [2.75, 3.05) is 0 Å². The number of hydrogen-bond acceptors (Lipinski definition) is 4. The van der Waals surface area contributed by atoms with Crippen molar-refractivity contribution in [3.63, 3.8) is 0 Å². The maximum absolute atomic E-state index is 10.9. The second-order valence-electron chi connectivity index (χ2n) is 4.16. The normalized spacial score (nSPS) is 10.1. The summed E-state index contributed by atoms with van der Waals surface area (Å²) in [5.41, 5.74) is 0.873. The number of halogens is 1. The first-order chi connectivity index (χ1) is 9.97. The molecule has 0 bridgehead atoms. The van der Waals surface area contributed by atoms with Gasteiger partial charge >= 0.3 is 5.97 Å². The third kappa shape index (κ3) is 3.79. The minimum absolute atomic E-state index is 0.00723. The van der Waals surface area contributed by atoms with Crippen molar-refractivity contribution >= 4 is 27.6 Å². The van der Waals surface area contributed by atoms with Crippen molar-refractivity contribution in [3.05, 3.63) is 68.2 Å². The van der Waals surface area contributed by atoms with Crippen LogP contribution in [0, 0.1) is 10.1 Å². The summed E-state index contributed by atoms with van der Waals surface area (Å²) in [6.45, 7) is 0.180. The van der Waals surface area contributed by atoms with E-state index in [2.05, 4.69) is 15.9 Å². The van der Waals surface area contributed by atoms with E-state index in [9.17, 15) is 14.9 Å². The number of carboxylic acid groups (broad SMARTS) is 1.